The summed E-state index contributed by atoms with van der Waals surface area (Å²) in [6.45, 7) is 6.93. The van der Waals surface area contributed by atoms with E-state index in [1.54, 1.807) is 0 Å². The van der Waals surface area contributed by atoms with Crippen LogP contribution in [0.5, 0.6) is 5.75 Å². The second-order valence-corrected chi connectivity index (χ2v) is 6.07. The molecular weight excluding hydrogens is 296 g/mol. The van der Waals surface area contributed by atoms with Crippen LogP contribution in [-0.4, -0.2) is 17.6 Å². The van der Waals surface area contributed by atoms with Crippen molar-refractivity contribution in [2.75, 3.05) is 11.9 Å². The maximum Gasteiger partial charge on any atom is 0.226 e. The Morgan fingerprint density at radius 3 is 2.68 bits per heavy atom. The highest BCUT2D eigenvalue weighted by molar-refractivity contribution is 7.80. The Hall–Kier alpha value is -1.62. The molecule has 0 aromatic heterocycles. The normalized spacial score (nSPS) is 10.4. The summed E-state index contributed by atoms with van der Waals surface area (Å²) in [4.78, 5) is 11.7. The molecule has 0 saturated heterocycles. The molecule has 0 spiro atoms. The molecule has 0 atom stereocenters. The fourth-order valence-corrected chi connectivity index (χ4v) is 2.05. The van der Waals surface area contributed by atoms with Gasteiger partial charge in [-0.3, -0.25) is 4.79 Å². The van der Waals surface area contributed by atoms with Gasteiger partial charge in [0.2, 0.25) is 5.91 Å². The van der Waals surface area contributed by atoms with Crippen LogP contribution in [0.4, 0.5) is 5.69 Å². The van der Waals surface area contributed by atoms with Gasteiger partial charge in [0.25, 0.3) is 0 Å². The van der Waals surface area contributed by atoms with Crippen LogP contribution >= 0.6 is 12.2 Å². The van der Waals surface area contributed by atoms with Gasteiger partial charge >= 0.3 is 0 Å². The summed E-state index contributed by atoms with van der Waals surface area (Å²) < 4.78 is 5.75. The number of rotatable bonds is 8. The van der Waals surface area contributed by atoms with Crippen LogP contribution in [0.2, 0.25) is 0 Å². The van der Waals surface area contributed by atoms with Crippen LogP contribution in [0.15, 0.2) is 24.3 Å². The van der Waals surface area contributed by atoms with E-state index in [2.05, 4.69) is 31.4 Å². The number of unbranched alkanes of at least 4 members (excludes halogenated alkanes) is 2. The van der Waals surface area contributed by atoms with Crippen LogP contribution in [-0.2, 0) is 4.79 Å². The van der Waals surface area contributed by atoms with Gasteiger partial charge in [0.05, 0.1) is 12.3 Å². The van der Waals surface area contributed by atoms with Gasteiger partial charge < -0.3 is 15.4 Å². The molecule has 0 heterocycles. The van der Waals surface area contributed by atoms with E-state index in [0.29, 0.717) is 24.1 Å². The second-order valence-electron chi connectivity index (χ2n) is 5.66. The fourth-order valence-electron chi connectivity index (χ4n) is 1.83. The third-order valence-corrected chi connectivity index (χ3v) is 3.17. The Kier molecular flexibility index (Phi) is 8.51. The smallest absolute Gasteiger partial charge is 0.226 e. The highest BCUT2D eigenvalue weighted by Gasteiger charge is 2.08. The van der Waals surface area contributed by atoms with E-state index in [9.17, 15) is 4.79 Å². The maximum absolute atomic E-state index is 11.7. The topological polar surface area (TPSA) is 50.4 Å². The molecule has 0 radical (unpaired) electrons. The molecule has 0 aliphatic carbocycles. The molecule has 5 heteroatoms. The molecule has 22 heavy (non-hydrogen) atoms. The van der Waals surface area contributed by atoms with Crippen molar-refractivity contribution in [1.29, 1.82) is 0 Å². The van der Waals surface area contributed by atoms with Crippen LogP contribution in [0, 0.1) is 5.92 Å². The number of anilines is 1. The van der Waals surface area contributed by atoms with Crippen molar-refractivity contribution in [3.8, 4) is 5.75 Å². The van der Waals surface area contributed by atoms with Crippen molar-refractivity contribution < 1.29 is 9.53 Å². The van der Waals surface area contributed by atoms with Crippen LogP contribution in [0.1, 0.15) is 46.5 Å². The number of amides is 1. The summed E-state index contributed by atoms with van der Waals surface area (Å²) in [5.74, 6) is 1.13. The Labute approximate surface area is 138 Å². The lowest BCUT2D eigenvalue weighted by Crippen LogP contribution is -2.34. The molecule has 1 aromatic rings. The number of hydrogen-bond acceptors (Lipinski definition) is 3. The lowest BCUT2D eigenvalue weighted by molar-refractivity contribution is -0.119. The molecule has 0 bridgehead atoms. The molecular formula is C17H26N2O2S. The number of benzene rings is 1. The average Bonchev–Trinajstić information content (AvgIpc) is 2.46. The van der Waals surface area contributed by atoms with Crippen molar-refractivity contribution in [2.24, 2.45) is 5.92 Å². The van der Waals surface area contributed by atoms with Gasteiger partial charge in [-0.1, -0.05) is 45.7 Å². The van der Waals surface area contributed by atoms with Crippen LogP contribution in [0.25, 0.3) is 0 Å². The average molecular weight is 322 g/mol. The molecule has 0 aliphatic rings. The van der Waals surface area contributed by atoms with Gasteiger partial charge in [-0.15, -0.1) is 0 Å². The molecule has 0 aliphatic heterocycles. The number of para-hydroxylation sites is 2. The molecule has 0 fully saturated rings. The highest BCUT2D eigenvalue weighted by atomic mass is 32.1. The zero-order chi connectivity index (χ0) is 16.4. The van der Waals surface area contributed by atoms with E-state index in [1.165, 1.54) is 0 Å². The molecule has 1 amide bonds. The summed E-state index contributed by atoms with van der Waals surface area (Å²) >= 11 is 5.19. The van der Waals surface area contributed by atoms with E-state index in [1.807, 2.05) is 24.3 Å². The lowest BCUT2D eigenvalue weighted by atomic mass is 10.2. The monoisotopic (exact) mass is 322 g/mol. The van der Waals surface area contributed by atoms with E-state index < -0.39 is 0 Å². The third kappa shape index (κ3) is 7.41. The molecule has 0 saturated carbocycles. The zero-order valence-corrected chi connectivity index (χ0v) is 14.5. The van der Waals surface area contributed by atoms with Crippen molar-refractivity contribution in [3.63, 3.8) is 0 Å². The summed E-state index contributed by atoms with van der Waals surface area (Å²) in [5, 5.41) is 6.04. The summed E-state index contributed by atoms with van der Waals surface area (Å²) in [6.07, 6.45) is 3.54. The first-order valence-electron chi connectivity index (χ1n) is 7.85. The molecule has 1 rings (SSSR count). The van der Waals surface area contributed by atoms with E-state index >= 15 is 0 Å². The summed E-state index contributed by atoms with van der Waals surface area (Å²) in [5.41, 5.74) is 0.766. The Balaban J connectivity index is 2.51. The minimum atomic E-state index is -0.0495. The minimum Gasteiger partial charge on any atom is -0.491 e. The number of carbonyl (C=O) groups is 1. The molecule has 0 unspecified atom stereocenters. The van der Waals surface area contributed by atoms with E-state index in [-0.39, 0.29) is 5.91 Å². The maximum atomic E-state index is 11.7. The van der Waals surface area contributed by atoms with Crippen LogP contribution in [0.3, 0.4) is 0 Å². The van der Waals surface area contributed by atoms with Crippen LogP contribution < -0.4 is 15.4 Å². The number of carbonyl (C=O) groups excluding carboxylic acids is 1. The van der Waals surface area contributed by atoms with Crippen molar-refractivity contribution in [1.82, 2.24) is 5.32 Å². The Bertz CT molecular complexity index is 489. The third-order valence-electron chi connectivity index (χ3n) is 2.97. The summed E-state index contributed by atoms with van der Waals surface area (Å²) in [6, 6.07) is 7.57. The van der Waals surface area contributed by atoms with Gasteiger partial charge in [0.15, 0.2) is 5.11 Å². The summed E-state index contributed by atoms with van der Waals surface area (Å²) in [7, 11) is 0. The number of hydrogen-bond donors (Lipinski definition) is 2. The van der Waals surface area contributed by atoms with Gasteiger partial charge in [-0.05, 0) is 36.7 Å². The quantitative estimate of drug-likeness (QED) is 0.558. The molecule has 4 nitrogen and oxygen atoms in total. The van der Waals surface area contributed by atoms with Gasteiger partial charge in [0.1, 0.15) is 5.75 Å². The first-order valence-corrected chi connectivity index (χ1v) is 8.26. The first-order chi connectivity index (χ1) is 10.5. The van der Waals surface area contributed by atoms with Crippen molar-refractivity contribution >= 4 is 28.9 Å². The zero-order valence-electron chi connectivity index (χ0n) is 13.6. The largest absolute Gasteiger partial charge is 0.491 e. The SMILES string of the molecule is CCCCCC(=O)NC(=S)Nc1ccccc1OCC(C)C. The van der Waals surface area contributed by atoms with E-state index in [0.717, 1.165) is 30.7 Å². The van der Waals surface area contributed by atoms with Gasteiger partial charge in [0, 0.05) is 6.42 Å². The molecule has 1 aromatic carbocycles. The van der Waals surface area contributed by atoms with Crippen molar-refractivity contribution in [2.45, 2.75) is 46.5 Å². The fraction of sp³-hybridized carbons (Fsp3) is 0.529. The first kappa shape index (κ1) is 18.4. The number of thiocarbonyl (C=S) groups is 1. The standard InChI is InChI=1S/C17H26N2O2S/c1-4-5-6-11-16(20)19-17(22)18-14-9-7-8-10-15(14)21-12-13(2)3/h7-10,13H,4-6,11-12H2,1-3H3,(H2,18,19,20,22). The highest BCUT2D eigenvalue weighted by Crippen LogP contribution is 2.24. The van der Waals surface area contributed by atoms with E-state index in [4.69, 9.17) is 17.0 Å². The number of ether oxygens (including phenoxy) is 1. The Morgan fingerprint density at radius 2 is 2.00 bits per heavy atom. The van der Waals surface area contributed by atoms with Gasteiger partial charge in [-0.25, -0.2) is 0 Å². The lowest BCUT2D eigenvalue weighted by Gasteiger charge is -2.15. The molecule has 2 N–H and O–H groups in total. The van der Waals surface area contributed by atoms with Gasteiger partial charge in [-0.2, -0.15) is 0 Å². The predicted octanol–water partition coefficient (Wildman–Crippen LogP) is 4.11. The molecule has 122 valence electrons. The Morgan fingerprint density at radius 1 is 1.27 bits per heavy atom. The minimum absolute atomic E-state index is 0.0495. The second kappa shape index (κ2) is 10.2. The number of nitrogens with one attached hydrogen (secondary N) is 2. The van der Waals surface area contributed by atoms with Crippen molar-refractivity contribution in [3.05, 3.63) is 24.3 Å². The predicted molar refractivity (Wildman–Crippen MR) is 95.3 cm³/mol.